The Morgan fingerprint density at radius 2 is 0.313 bits per heavy atom. The third-order valence-electron chi connectivity index (χ3n) is 28.4. The van der Waals surface area contributed by atoms with Gasteiger partial charge in [-0.1, -0.05) is 370 Å². The minimum Gasteiger partial charge on any atom is -0.456 e. The second kappa shape index (κ2) is 37.0. The van der Waals surface area contributed by atoms with Gasteiger partial charge in [0.15, 0.2) is 52.4 Å². The Morgan fingerprint density at radius 1 is 0.113 bits per heavy atom. The average Bonchev–Trinajstić information content (AvgIpc) is 1.60. The van der Waals surface area contributed by atoms with Crippen molar-refractivity contribution in [1.29, 1.82) is 0 Å². The highest BCUT2D eigenvalue weighted by Gasteiger charge is 2.25. The molecule has 0 radical (unpaired) electrons. The topological polar surface area (TPSA) is 170 Å². The van der Waals surface area contributed by atoms with Gasteiger partial charge in [-0.2, -0.15) is 0 Å². The molecule has 30 rings (SSSR count). The van der Waals surface area contributed by atoms with E-state index in [1.54, 1.807) is 0 Å². The number of hydrogen-bond donors (Lipinski definition) is 0. The van der Waals surface area contributed by atoms with Crippen molar-refractivity contribution in [1.82, 2.24) is 58.6 Å². The number of rotatable bonds is 15. The van der Waals surface area contributed by atoms with Gasteiger partial charge in [0.2, 0.25) is 0 Å². The summed E-state index contributed by atoms with van der Waals surface area (Å²) in [5.41, 5.74) is 30.0. The molecule has 0 aliphatic rings. The molecule has 0 aliphatic carbocycles. The van der Waals surface area contributed by atoms with Crippen LogP contribution in [0.1, 0.15) is 0 Å². The molecule has 0 unspecified atom stereocenters. The Morgan fingerprint density at radius 3 is 0.653 bits per heavy atom. The van der Waals surface area contributed by atoms with E-state index in [0.29, 0.717) is 52.4 Å². The van der Waals surface area contributed by atoms with Crippen LogP contribution in [0.4, 0.5) is 0 Å². The lowest BCUT2D eigenvalue weighted by Gasteiger charge is -2.12. The third kappa shape index (κ3) is 15.9. The first-order valence-electron chi connectivity index (χ1n) is 50.1. The molecule has 0 saturated heterocycles. The summed E-state index contributed by atoms with van der Waals surface area (Å²) in [6, 6.07) is 176. The smallest absolute Gasteiger partial charge is 0.164 e. The van der Waals surface area contributed by atoms with Crippen LogP contribution in [0.15, 0.2) is 523 Å². The second-order valence-electron chi connectivity index (χ2n) is 37.4. The Balaban J connectivity index is 0.000000108. The zero-order valence-electron chi connectivity index (χ0n) is 80.6. The standard InChI is InChI=1S/3C45H28N4O/c1-3-12-29(13-4-1)31-23-25-40-38(27-31)35-18-7-9-20-39(35)49(40)34-17-11-16-32(26-34)44-46-43(30-14-5-2-6-15-30)47-45(48-44)33-22-24-37-36-19-8-10-21-41(36)50-42(37)28-33;1-2-12-29(13-3-1)30-14-10-15-31(26-30)43-46-44(48-45(47-43)33-24-25-38-37-20-6-9-23-41(37)50-42(38)28-33)32-16-11-17-34(27-32)49-39-21-7-4-18-35(39)36-19-5-8-22-40(36)49;1-2-11-29(12-3-1)30-21-23-31(24-22-30)43-46-44(48-45(47-43)33-25-26-38-37-17-6-9-20-41(37)50-42(38)28-33)32-13-10-14-34(27-32)49-39-18-7-4-15-35(39)36-16-5-8-19-40(36)49/h3*1-28H. The number of benzene rings is 21. The molecule has 702 valence electrons. The van der Waals surface area contributed by atoms with Gasteiger partial charge in [-0.05, 0) is 173 Å². The molecule has 0 N–H and O–H groups in total. The quantitative estimate of drug-likeness (QED) is 0.0953. The summed E-state index contributed by atoms with van der Waals surface area (Å²) in [6.07, 6.45) is 0. The van der Waals surface area contributed by atoms with E-state index in [9.17, 15) is 0 Å². The van der Waals surface area contributed by atoms with Gasteiger partial charge < -0.3 is 27.0 Å². The van der Waals surface area contributed by atoms with Crippen molar-refractivity contribution in [2.45, 2.75) is 0 Å². The van der Waals surface area contributed by atoms with Crippen LogP contribution < -0.4 is 0 Å². The Kier molecular flexibility index (Phi) is 21.5. The Hall–Kier alpha value is -20.6. The minimum atomic E-state index is 0.583. The highest BCUT2D eigenvalue weighted by atomic mass is 16.3. The van der Waals surface area contributed by atoms with Crippen molar-refractivity contribution in [3.63, 3.8) is 0 Å². The van der Waals surface area contributed by atoms with E-state index in [4.69, 9.17) is 58.1 Å². The van der Waals surface area contributed by atoms with Crippen LogP contribution in [0.2, 0.25) is 0 Å². The number of furan rings is 3. The normalized spacial score (nSPS) is 11.6. The first kappa shape index (κ1) is 87.3. The minimum absolute atomic E-state index is 0.583. The van der Waals surface area contributed by atoms with E-state index in [0.717, 1.165) is 188 Å². The highest BCUT2D eigenvalue weighted by molar-refractivity contribution is 6.14. The van der Waals surface area contributed by atoms with E-state index in [1.807, 2.05) is 115 Å². The first-order valence-corrected chi connectivity index (χ1v) is 50.1. The number of aromatic nitrogens is 12. The summed E-state index contributed by atoms with van der Waals surface area (Å²) < 4.78 is 25.7. The molecule has 9 aromatic heterocycles. The molecule has 0 bridgehead atoms. The van der Waals surface area contributed by atoms with Gasteiger partial charge in [0, 0.05) is 132 Å². The lowest BCUT2D eigenvalue weighted by Crippen LogP contribution is -2.01. The number of fused-ring (bicyclic) bond motifs is 18. The summed E-state index contributed by atoms with van der Waals surface area (Å²) in [5.74, 6) is 5.39. The van der Waals surface area contributed by atoms with Gasteiger partial charge >= 0.3 is 0 Å². The molecular formula is C135H84N12O3. The molecule has 15 nitrogen and oxygen atoms in total. The average molecular weight is 1920 g/mol. The molecule has 0 atom stereocenters. The second-order valence-corrected chi connectivity index (χ2v) is 37.4. The van der Waals surface area contributed by atoms with Crippen molar-refractivity contribution in [3.05, 3.63) is 510 Å². The van der Waals surface area contributed by atoms with Crippen molar-refractivity contribution in [3.8, 4) is 153 Å². The fraction of sp³-hybridized carbons (Fsp3) is 0. The Bertz CT molecular complexity index is 10400. The van der Waals surface area contributed by atoms with Crippen molar-refractivity contribution < 1.29 is 13.3 Å². The fourth-order valence-electron chi connectivity index (χ4n) is 21.2. The van der Waals surface area contributed by atoms with Gasteiger partial charge in [0.25, 0.3) is 0 Å². The monoisotopic (exact) mass is 1920 g/mol. The zero-order valence-corrected chi connectivity index (χ0v) is 80.6. The summed E-state index contributed by atoms with van der Waals surface area (Å²) >= 11 is 0. The predicted molar refractivity (Wildman–Crippen MR) is 610 cm³/mol. The molecule has 9 heterocycles. The maximum atomic E-state index is 6.26. The third-order valence-corrected chi connectivity index (χ3v) is 28.4. The van der Waals surface area contributed by atoms with Crippen LogP contribution >= 0.6 is 0 Å². The molecule has 0 amide bonds. The van der Waals surface area contributed by atoms with Crippen molar-refractivity contribution >= 4 is 131 Å². The van der Waals surface area contributed by atoms with Gasteiger partial charge in [-0.25, -0.2) is 44.9 Å². The van der Waals surface area contributed by atoms with E-state index in [-0.39, 0.29) is 0 Å². The van der Waals surface area contributed by atoms with E-state index < -0.39 is 0 Å². The van der Waals surface area contributed by atoms with Crippen molar-refractivity contribution in [2.24, 2.45) is 0 Å². The molecule has 0 saturated carbocycles. The van der Waals surface area contributed by atoms with Crippen LogP contribution in [0.5, 0.6) is 0 Å². The van der Waals surface area contributed by atoms with Crippen LogP contribution in [-0.2, 0) is 0 Å². The lowest BCUT2D eigenvalue weighted by molar-refractivity contribution is 0.668. The summed E-state index contributed by atoms with van der Waals surface area (Å²) in [7, 11) is 0. The summed E-state index contributed by atoms with van der Waals surface area (Å²) in [4.78, 5) is 45.6. The molecule has 0 spiro atoms. The molecule has 30 aromatic rings. The maximum absolute atomic E-state index is 6.26. The molecule has 150 heavy (non-hydrogen) atoms. The Labute approximate surface area is 859 Å². The number of hydrogen-bond acceptors (Lipinski definition) is 12. The van der Waals surface area contributed by atoms with Crippen LogP contribution in [0, 0.1) is 0 Å². The number of nitrogens with zero attached hydrogens (tertiary/aromatic N) is 12. The van der Waals surface area contributed by atoms with E-state index in [2.05, 4.69) is 408 Å². The molecule has 0 aliphatic heterocycles. The van der Waals surface area contributed by atoms with E-state index >= 15 is 0 Å². The van der Waals surface area contributed by atoms with Gasteiger partial charge in [-0.15, -0.1) is 0 Å². The van der Waals surface area contributed by atoms with Crippen LogP contribution in [0.25, 0.3) is 284 Å². The zero-order chi connectivity index (χ0) is 99.1. The summed E-state index contributed by atoms with van der Waals surface area (Å²) in [5, 5.41) is 13.8. The highest BCUT2D eigenvalue weighted by Crippen LogP contribution is 2.44. The molecular weight excluding hydrogens is 1840 g/mol. The largest absolute Gasteiger partial charge is 0.456 e. The van der Waals surface area contributed by atoms with Crippen LogP contribution in [-0.4, -0.2) is 58.6 Å². The molecule has 15 heteroatoms. The maximum Gasteiger partial charge on any atom is 0.164 e. The van der Waals surface area contributed by atoms with Gasteiger partial charge in [0.1, 0.15) is 33.5 Å². The summed E-state index contributed by atoms with van der Waals surface area (Å²) in [6.45, 7) is 0. The van der Waals surface area contributed by atoms with E-state index in [1.165, 1.54) is 43.4 Å². The van der Waals surface area contributed by atoms with Gasteiger partial charge in [-0.3, -0.25) is 0 Å². The molecule has 21 aromatic carbocycles. The lowest BCUT2D eigenvalue weighted by atomic mass is 10.0. The van der Waals surface area contributed by atoms with Crippen molar-refractivity contribution in [2.75, 3.05) is 0 Å². The molecule has 0 fully saturated rings. The predicted octanol–water partition coefficient (Wildman–Crippen LogP) is 34.6. The fourth-order valence-corrected chi connectivity index (χ4v) is 21.2. The SMILES string of the molecule is c1ccc(-c2ccc(-c3nc(-c4cccc(-n5c6ccccc6c6ccccc65)c4)nc(-c4ccc5c(c4)oc4ccccc45)n3)cc2)cc1.c1ccc(-c2ccc3c(c2)c2ccccc2n3-c2cccc(-c3nc(-c4ccccc4)nc(-c4ccc5c(c4)oc4ccccc45)n3)c2)cc1.c1ccc(-c2cccc(-c3nc(-c4cccc(-n5c6ccccc6c6ccccc65)c4)nc(-c4ccc5c(c4)oc4ccccc45)n3)c2)cc1. The van der Waals surface area contributed by atoms with Gasteiger partial charge in [0.05, 0.1) is 33.1 Å². The number of para-hydroxylation sites is 8. The van der Waals surface area contributed by atoms with Crippen LogP contribution in [0.3, 0.4) is 0 Å². The first-order chi connectivity index (χ1) is 74.3.